The minimum atomic E-state index is -0.194. The molecule has 2 rings (SSSR count). The van der Waals surface area contributed by atoms with E-state index < -0.39 is 0 Å². The molecule has 0 aliphatic heterocycles. The highest BCUT2D eigenvalue weighted by atomic mass is 35.5. The maximum atomic E-state index is 13.4. The molecular weight excluding hydrogens is 257 g/mol. The van der Waals surface area contributed by atoms with Gasteiger partial charge in [0.25, 0.3) is 0 Å². The lowest BCUT2D eigenvalue weighted by molar-refractivity contribution is 0.617. The number of nitrogens with two attached hydrogens (primary N) is 1. The minimum absolute atomic E-state index is 0.194. The Morgan fingerprint density at radius 2 is 1.94 bits per heavy atom. The second-order valence-electron chi connectivity index (χ2n) is 3.57. The van der Waals surface area contributed by atoms with E-state index in [0.29, 0.717) is 22.0 Å². The van der Waals surface area contributed by atoms with Crippen LogP contribution in [0.25, 0.3) is 0 Å². The molecule has 2 aromatic carbocycles. The van der Waals surface area contributed by atoms with Gasteiger partial charge in [0.1, 0.15) is 5.82 Å². The Bertz CT molecular complexity index is 531. The van der Waals surface area contributed by atoms with Crippen LogP contribution < -0.4 is 5.73 Å². The number of hydrogen-bond donors (Lipinski definition) is 1. The lowest BCUT2D eigenvalue weighted by Gasteiger charge is -2.06. The van der Waals surface area contributed by atoms with Gasteiger partial charge in [-0.15, -0.1) is 11.8 Å². The zero-order valence-electron chi connectivity index (χ0n) is 8.99. The van der Waals surface area contributed by atoms with Gasteiger partial charge >= 0.3 is 0 Å². The van der Waals surface area contributed by atoms with Crippen molar-refractivity contribution in [3.8, 4) is 0 Å². The fourth-order valence-electron chi connectivity index (χ4n) is 1.40. The van der Waals surface area contributed by atoms with Gasteiger partial charge in [-0.3, -0.25) is 0 Å². The Hall–Kier alpha value is -1.19. The first-order chi connectivity index (χ1) is 8.16. The van der Waals surface area contributed by atoms with Crippen molar-refractivity contribution in [3.05, 3.63) is 58.9 Å². The Balaban J connectivity index is 2.12. The van der Waals surface area contributed by atoms with E-state index in [1.165, 1.54) is 17.8 Å². The van der Waals surface area contributed by atoms with Crippen molar-refractivity contribution in [1.82, 2.24) is 0 Å². The number of thioether (sulfide) groups is 1. The molecule has 0 heterocycles. The highest BCUT2D eigenvalue weighted by molar-refractivity contribution is 7.98. The SMILES string of the molecule is Nc1ccc(Cl)c(SCc2ccccc2F)c1. The molecule has 1 nitrogen and oxygen atoms in total. The number of rotatable bonds is 3. The molecule has 88 valence electrons. The fraction of sp³-hybridized carbons (Fsp3) is 0.0769. The lowest BCUT2D eigenvalue weighted by Crippen LogP contribution is -1.88. The second kappa shape index (κ2) is 5.43. The molecule has 17 heavy (non-hydrogen) atoms. The number of nitrogen functional groups attached to an aromatic ring is 1. The zero-order chi connectivity index (χ0) is 12.3. The molecule has 0 aliphatic rings. The highest BCUT2D eigenvalue weighted by Crippen LogP contribution is 2.31. The van der Waals surface area contributed by atoms with Crippen LogP contribution in [0.5, 0.6) is 0 Å². The molecule has 0 amide bonds. The lowest BCUT2D eigenvalue weighted by atomic mass is 10.2. The second-order valence-corrected chi connectivity index (χ2v) is 4.99. The predicted molar refractivity (Wildman–Crippen MR) is 71.8 cm³/mol. The van der Waals surface area contributed by atoms with E-state index in [9.17, 15) is 4.39 Å². The molecule has 0 spiro atoms. The molecule has 2 N–H and O–H groups in total. The average molecular weight is 268 g/mol. The molecule has 0 saturated carbocycles. The van der Waals surface area contributed by atoms with E-state index >= 15 is 0 Å². The van der Waals surface area contributed by atoms with Crippen molar-refractivity contribution in [1.29, 1.82) is 0 Å². The number of halogens is 2. The molecular formula is C13H11ClFNS. The maximum absolute atomic E-state index is 13.4. The summed E-state index contributed by atoms with van der Waals surface area (Å²) in [6.45, 7) is 0. The van der Waals surface area contributed by atoms with Gasteiger partial charge in [-0.05, 0) is 29.8 Å². The predicted octanol–water partition coefficient (Wildman–Crippen LogP) is 4.35. The van der Waals surface area contributed by atoms with Gasteiger partial charge < -0.3 is 5.73 Å². The summed E-state index contributed by atoms with van der Waals surface area (Å²) in [6, 6.07) is 12.0. The molecule has 0 aromatic heterocycles. The Morgan fingerprint density at radius 3 is 2.71 bits per heavy atom. The summed E-state index contributed by atoms with van der Waals surface area (Å²) in [5.41, 5.74) is 7.00. The Labute approximate surface area is 109 Å². The Morgan fingerprint density at radius 1 is 1.18 bits per heavy atom. The van der Waals surface area contributed by atoms with Crippen molar-refractivity contribution in [2.45, 2.75) is 10.6 Å². The molecule has 0 aliphatic carbocycles. The third kappa shape index (κ3) is 3.14. The van der Waals surface area contributed by atoms with Crippen molar-refractivity contribution >= 4 is 29.1 Å². The van der Waals surface area contributed by atoms with Gasteiger partial charge in [0, 0.05) is 16.3 Å². The summed E-state index contributed by atoms with van der Waals surface area (Å²) >= 11 is 7.51. The van der Waals surface area contributed by atoms with Crippen LogP contribution >= 0.6 is 23.4 Å². The van der Waals surface area contributed by atoms with Crippen molar-refractivity contribution in [3.63, 3.8) is 0 Å². The van der Waals surface area contributed by atoms with Gasteiger partial charge in [0.2, 0.25) is 0 Å². The standard InChI is InChI=1S/C13H11ClFNS/c14-11-6-5-10(16)7-13(11)17-8-9-3-1-2-4-12(9)15/h1-7H,8,16H2. The molecule has 0 bridgehead atoms. The first kappa shape index (κ1) is 12.3. The first-order valence-corrected chi connectivity index (χ1v) is 6.44. The average Bonchev–Trinajstić information content (AvgIpc) is 2.32. The maximum Gasteiger partial charge on any atom is 0.127 e. The van der Waals surface area contributed by atoms with E-state index in [1.807, 2.05) is 6.07 Å². The van der Waals surface area contributed by atoms with Crippen LogP contribution in [0.3, 0.4) is 0 Å². The molecule has 2 aromatic rings. The summed E-state index contributed by atoms with van der Waals surface area (Å²) in [6.07, 6.45) is 0. The van der Waals surface area contributed by atoms with E-state index in [0.717, 1.165) is 4.90 Å². The van der Waals surface area contributed by atoms with Crippen LogP contribution in [-0.4, -0.2) is 0 Å². The van der Waals surface area contributed by atoms with Crippen LogP contribution in [0, 0.1) is 5.82 Å². The number of benzene rings is 2. The summed E-state index contributed by atoms with van der Waals surface area (Å²) in [7, 11) is 0. The molecule has 0 unspecified atom stereocenters. The first-order valence-electron chi connectivity index (χ1n) is 5.08. The normalized spacial score (nSPS) is 10.5. The van der Waals surface area contributed by atoms with Crippen molar-refractivity contribution in [2.24, 2.45) is 0 Å². The Kier molecular flexibility index (Phi) is 3.92. The van der Waals surface area contributed by atoms with Gasteiger partial charge in [-0.2, -0.15) is 0 Å². The van der Waals surface area contributed by atoms with Crippen LogP contribution in [0.1, 0.15) is 5.56 Å². The van der Waals surface area contributed by atoms with Crippen LogP contribution in [0.2, 0.25) is 5.02 Å². The van der Waals surface area contributed by atoms with Crippen molar-refractivity contribution in [2.75, 3.05) is 5.73 Å². The molecule has 4 heteroatoms. The van der Waals surface area contributed by atoms with Crippen LogP contribution in [0.4, 0.5) is 10.1 Å². The van der Waals surface area contributed by atoms with Gasteiger partial charge in [-0.25, -0.2) is 4.39 Å². The molecule has 0 radical (unpaired) electrons. The summed E-state index contributed by atoms with van der Waals surface area (Å²) in [5, 5.41) is 0.639. The van der Waals surface area contributed by atoms with Crippen LogP contribution in [-0.2, 0) is 5.75 Å². The van der Waals surface area contributed by atoms with E-state index in [-0.39, 0.29) is 5.82 Å². The number of hydrogen-bond acceptors (Lipinski definition) is 2. The molecule has 0 fully saturated rings. The van der Waals surface area contributed by atoms with Gasteiger partial charge in [-0.1, -0.05) is 29.8 Å². The van der Waals surface area contributed by atoms with E-state index in [1.54, 1.807) is 30.3 Å². The zero-order valence-corrected chi connectivity index (χ0v) is 10.6. The third-order valence-corrected chi connectivity index (χ3v) is 3.84. The van der Waals surface area contributed by atoms with Crippen LogP contribution in [0.15, 0.2) is 47.4 Å². The largest absolute Gasteiger partial charge is 0.399 e. The fourth-order valence-corrected chi connectivity index (χ4v) is 2.65. The van der Waals surface area contributed by atoms with E-state index in [2.05, 4.69) is 0 Å². The summed E-state index contributed by atoms with van der Waals surface area (Å²) in [4.78, 5) is 0.870. The van der Waals surface area contributed by atoms with Gasteiger partial charge in [0.05, 0.1) is 5.02 Å². The monoisotopic (exact) mass is 267 g/mol. The molecule has 0 atom stereocenters. The third-order valence-electron chi connectivity index (χ3n) is 2.30. The van der Waals surface area contributed by atoms with Crippen molar-refractivity contribution < 1.29 is 4.39 Å². The van der Waals surface area contributed by atoms with Gasteiger partial charge in [0.15, 0.2) is 0 Å². The smallest absolute Gasteiger partial charge is 0.127 e. The summed E-state index contributed by atoms with van der Waals surface area (Å²) < 4.78 is 13.4. The minimum Gasteiger partial charge on any atom is -0.399 e. The topological polar surface area (TPSA) is 26.0 Å². The quantitative estimate of drug-likeness (QED) is 0.661. The molecule has 0 saturated heterocycles. The summed E-state index contributed by atoms with van der Waals surface area (Å²) in [5.74, 6) is 0.343. The van der Waals surface area contributed by atoms with E-state index in [4.69, 9.17) is 17.3 Å². The highest BCUT2D eigenvalue weighted by Gasteiger charge is 2.05. The number of anilines is 1.